The summed E-state index contributed by atoms with van der Waals surface area (Å²) in [7, 11) is 0. The molecule has 3 aromatic carbocycles. The van der Waals surface area contributed by atoms with E-state index in [1.165, 1.54) is 0 Å². The Hall–Kier alpha value is -4.52. The van der Waals surface area contributed by atoms with Crippen LogP contribution in [0.1, 0.15) is 31.1 Å². The van der Waals surface area contributed by atoms with Crippen LogP contribution in [0, 0.1) is 0 Å². The zero-order chi connectivity index (χ0) is 22.1. The van der Waals surface area contributed by atoms with Gasteiger partial charge in [-0.15, -0.1) is 0 Å². The molecule has 0 bridgehead atoms. The molecule has 0 radical (unpaired) electrons. The van der Waals surface area contributed by atoms with Crippen LogP contribution in [0.5, 0.6) is 0 Å². The van der Waals surface area contributed by atoms with Crippen molar-refractivity contribution in [2.75, 3.05) is 6.73 Å². The van der Waals surface area contributed by atoms with Crippen molar-refractivity contribution >= 4 is 17.8 Å². The third-order valence-electron chi connectivity index (χ3n) is 5.14. The number of amides is 2. The summed E-state index contributed by atoms with van der Waals surface area (Å²) < 4.78 is 11.2. The zero-order valence-electron chi connectivity index (χ0n) is 16.7. The molecule has 0 aliphatic carbocycles. The fraction of sp³-hybridized carbons (Fsp3) is 0.0400. The highest BCUT2D eigenvalue weighted by molar-refractivity contribution is 6.21. The first-order valence-electron chi connectivity index (χ1n) is 9.86. The van der Waals surface area contributed by atoms with Gasteiger partial charge in [0.1, 0.15) is 0 Å². The third kappa shape index (κ3) is 3.35. The Balaban J connectivity index is 1.36. The van der Waals surface area contributed by atoms with Gasteiger partial charge in [-0.05, 0) is 24.3 Å². The van der Waals surface area contributed by atoms with Gasteiger partial charge in [0.05, 0.1) is 28.5 Å². The molecule has 0 fully saturated rings. The molecule has 0 spiro atoms. The number of esters is 1. The smallest absolute Gasteiger partial charge is 0.340 e. The Morgan fingerprint density at radius 2 is 1.41 bits per heavy atom. The average Bonchev–Trinajstić information content (AvgIpc) is 3.42. The van der Waals surface area contributed by atoms with Crippen molar-refractivity contribution in [1.82, 2.24) is 9.88 Å². The SMILES string of the molecule is O=C(OCN1C(=O)c2ccccc2C1=O)c1ccccc1-c1ncc(-c2ccccc2)o1. The molecule has 1 aliphatic rings. The Kier molecular flexibility index (Phi) is 4.84. The number of carbonyl (C=O) groups is 3. The molecule has 156 valence electrons. The number of benzene rings is 3. The normalized spacial score (nSPS) is 12.7. The Morgan fingerprint density at radius 3 is 2.09 bits per heavy atom. The molecule has 0 unspecified atom stereocenters. The van der Waals surface area contributed by atoms with E-state index >= 15 is 0 Å². The molecular formula is C25H16N2O5. The van der Waals surface area contributed by atoms with Crippen molar-refractivity contribution < 1.29 is 23.5 Å². The van der Waals surface area contributed by atoms with Crippen LogP contribution in [0.15, 0.2) is 89.5 Å². The quantitative estimate of drug-likeness (QED) is 0.348. The number of nitrogens with zero attached hydrogens (tertiary/aromatic N) is 2. The summed E-state index contributed by atoms with van der Waals surface area (Å²) in [5.74, 6) is -0.859. The van der Waals surface area contributed by atoms with Crippen LogP contribution in [-0.4, -0.2) is 34.4 Å². The molecule has 2 amide bonds. The summed E-state index contributed by atoms with van der Waals surface area (Å²) in [5.41, 5.74) is 2.11. The molecule has 7 nitrogen and oxygen atoms in total. The third-order valence-corrected chi connectivity index (χ3v) is 5.14. The molecule has 0 N–H and O–H groups in total. The van der Waals surface area contributed by atoms with Gasteiger partial charge in [0, 0.05) is 5.56 Å². The summed E-state index contributed by atoms with van der Waals surface area (Å²) >= 11 is 0. The average molecular weight is 424 g/mol. The Labute approximate surface area is 182 Å². The summed E-state index contributed by atoms with van der Waals surface area (Å²) in [5, 5.41) is 0. The molecule has 5 rings (SSSR count). The molecule has 0 saturated heterocycles. The van der Waals surface area contributed by atoms with Gasteiger partial charge in [-0.2, -0.15) is 0 Å². The molecule has 32 heavy (non-hydrogen) atoms. The lowest BCUT2D eigenvalue weighted by atomic mass is 10.1. The van der Waals surface area contributed by atoms with Crippen LogP contribution < -0.4 is 0 Å². The van der Waals surface area contributed by atoms with Gasteiger partial charge in [-0.3, -0.25) is 9.59 Å². The highest BCUT2D eigenvalue weighted by atomic mass is 16.5. The lowest BCUT2D eigenvalue weighted by molar-refractivity contribution is 0.0228. The van der Waals surface area contributed by atoms with Gasteiger partial charge < -0.3 is 9.15 Å². The molecule has 1 aliphatic heterocycles. The molecule has 4 aromatic rings. The summed E-state index contributed by atoms with van der Waals surface area (Å²) in [6.45, 7) is -0.486. The van der Waals surface area contributed by atoms with E-state index in [1.54, 1.807) is 54.7 Å². The summed E-state index contributed by atoms with van der Waals surface area (Å²) in [4.78, 5) is 43.0. The van der Waals surface area contributed by atoms with E-state index < -0.39 is 24.5 Å². The number of fused-ring (bicyclic) bond motifs is 1. The minimum absolute atomic E-state index is 0.213. The van der Waals surface area contributed by atoms with Crippen LogP contribution >= 0.6 is 0 Å². The van der Waals surface area contributed by atoms with Crippen LogP contribution in [0.3, 0.4) is 0 Å². The zero-order valence-corrected chi connectivity index (χ0v) is 16.7. The fourth-order valence-electron chi connectivity index (χ4n) is 3.54. The van der Waals surface area contributed by atoms with Crippen molar-refractivity contribution in [3.05, 3.63) is 102 Å². The summed E-state index contributed by atoms with van der Waals surface area (Å²) in [6, 6.07) is 22.7. The highest BCUT2D eigenvalue weighted by Crippen LogP contribution is 2.29. The predicted octanol–water partition coefficient (Wildman–Crippen LogP) is 4.42. The maximum Gasteiger partial charge on any atom is 0.340 e. The molecule has 2 heterocycles. The maximum atomic E-state index is 12.8. The van der Waals surface area contributed by atoms with Crippen molar-refractivity contribution in [2.45, 2.75) is 0 Å². The van der Waals surface area contributed by atoms with E-state index in [-0.39, 0.29) is 11.5 Å². The van der Waals surface area contributed by atoms with E-state index in [4.69, 9.17) is 9.15 Å². The molecule has 1 aromatic heterocycles. The number of hydrogen-bond donors (Lipinski definition) is 0. The van der Waals surface area contributed by atoms with E-state index in [1.807, 2.05) is 30.3 Å². The molecule has 0 atom stereocenters. The Morgan fingerprint density at radius 1 is 0.812 bits per heavy atom. The van der Waals surface area contributed by atoms with Gasteiger partial charge in [-0.25, -0.2) is 14.7 Å². The number of hydrogen-bond acceptors (Lipinski definition) is 6. The van der Waals surface area contributed by atoms with E-state index in [0.29, 0.717) is 22.5 Å². The monoisotopic (exact) mass is 424 g/mol. The topological polar surface area (TPSA) is 89.7 Å². The highest BCUT2D eigenvalue weighted by Gasteiger charge is 2.36. The first-order valence-corrected chi connectivity index (χ1v) is 9.86. The predicted molar refractivity (Wildman–Crippen MR) is 115 cm³/mol. The number of carbonyl (C=O) groups excluding carboxylic acids is 3. The van der Waals surface area contributed by atoms with Gasteiger partial charge in [-0.1, -0.05) is 54.6 Å². The molecule has 0 saturated carbocycles. The number of rotatable bonds is 5. The lowest BCUT2D eigenvalue weighted by Crippen LogP contribution is -2.33. The van der Waals surface area contributed by atoms with Gasteiger partial charge in [0.15, 0.2) is 12.5 Å². The van der Waals surface area contributed by atoms with Crippen LogP contribution in [-0.2, 0) is 4.74 Å². The van der Waals surface area contributed by atoms with Crippen LogP contribution in [0.4, 0.5) is 0 Å². The second-order valence-electron chi connectivity index (χ2n) is 7.09. The van der Waals surface area contributed by atoms with Gasteiger partial charge >= 0.3 is 5.97 Å². The summed E-state index contributed by atoms with van der Waals surface area (Å²) in [6.07, 6.45) is 1.59. The van der Waals surface area contributed by atoms with Crippen molar-refractivity contribution in [3.63, 3.8) is 0 Å². The second-order valence-corrected chi connectivity index (χ2v) is 7.09. The molecular weight excluding hydrogens is 408 g/mol. The lowest BCUT2D eigenvalue weighted by Gasteiger charge is -2.14. The van der Waals surface area contributed by atoms with Crippen molar-refractivity contribution in [3.8, 4) is 22.8 Å². The van der Waals surface area contributed by atoms with Gasteiger partial charge in [0.2, 0.25) is 5.89 Å². The maximum absolute atomic E-state index is 12.8. The standard InChI is InChI=1S/C25H16N2O5/c28-23-18-11-5-6-12-19(18)24(29)27(23)15-31-25(30)20-13-7-4-10-17(20)22-26-14-21(32-22)16-8-2-1-3-9-16/h1-14H,15H2. The number of aromatic nitrogens is 1. The fourth-order valence-corrected chi connectivity index (χ4v) is 3.54. The van der Waals surface area contributed by atoms with Crippen LogP contribution in [0.25, 0.3) is 22.8 Å². The second kappa shape index (κ2) is 7.96. The first-order chi connectivity index (χ1) is 15.6. The minimum Gasteiger partial charge on any atom is -0.440 e. The van der Waals surface area contributed by atoms with E-state index in [0.717, 1.165) is 10.5 Å². The van der Waals surface area contributed by atoms with Gasteiger partial charge in [0.25, 0.3) is 11.8 Å². The number of imide groups is 1. The van der Waals surface area contributed by atoms with E-state index in [9.17, 15) is 14.4 Å². The first kappa shape index (κ1) is 19.4. The number of oxazole rings is 1. The molecule has 7 heteroatoms. The van der Waals surface area contributed by atoms with Crippen LogP contribution in [0.2, 0.25) is 0 Å². The minimum atomic E-state index is -0.698. The van der Waals surface area contributed by atoms with Crippen molar-refractivity contribution in [2.24, 2.45) is 0 Å². The number of ether oxygens (including phenoxy) is 1. The Bertz CT molecular complexity index is 1310. The largest absolute Gasteiger partial charge is 0.440 e. The van der Waals surface area contributed by atoms with Crippen molar-refractivity contribution in [1.29, 1.82) is 0 Å². The van der Waals surface area contributed by atoms with E-state index in [2.05, 4.69) is 4.98 Å².